The van der Waals surface area contributed by atoms with Crippen LogP contribution in [0, 0.1) is 0 Å². The SMILES string of the molecule is c1ccc(-c2ccc(-c3cccc4ccccc34)s2)nc1. The lowest BCUT2D eigenvalue weighted by molar-refractivity contribution is 1.34. The minimum Gasteiger partial charge on any atom is -0.255 e. The lowest BCUT2D eigenvalue weighted by Gasteiger charge is -2.04. The molecule has 0 unspecified atom stereocenters. The third kappa shape index (κ3) is 2.24. The van der Waals surface area contributed by atoms with Crippen LogP contribution in [0.15, 0.2) is 79.0 Å². The normalized spacial score (nSPS) is 10.9. The lowest BCUT2D eigenvalue weighted by Crippen LogP contribution is -1.77. The van der Waals surface area contributed by atoms with E-state index in [0.717, 1.165) is 5.69 Å². The van der Waals surface area contributed by atoms with Crippen LogP contribution in [0.1, 0.15) is 0 Å². The smallest absolute Gasteiger partial charge is 0.0801 e. The van der Waals surface area contributed by atoms with E-state index in [1.54, 1.807) is 11.3 Å². The lowest BCUT2D eigenvalue weighted by atomic mass is 10.0. The van der Waals surface area contributed by atoms with Gasteiger partial charge in [-0.2, -0.15) is 0 Å². The Morgan fingerprint density at radius 2 is 1.48 bits per heavy atom. The van der Waals surface area contributed by atoms with Crippen molar-refractivity contribution in [1.29, 1.82) is 0 Å². The second-order valence-electron chi connectivity index (χ2n) is 4.91. The maximum Gasteiger partial charge on any atom is 0.0801 e. The van der Waals surface area contributed by atoms with Gasteiger partial charge in [0.2, 0.25) is 0 Å². The van der Waals surface area contributed by atoms with Crippen LogP contribution in [-0.4, -0.2) is 4.98 Å². The zero-order valence-corrected chi connectivity index (χ0v) is 12.2. The highest BCUT2D eigenvalue weighted by molar-refractivity contribution is 7.18. The van der Waals surface area contributed by atoms with E-state index in [0.29, 0.717) is 0 Å². The van der Waals surface area contributed by atoms with Crippen LogP contribution in [0.25, 0.3) is 31.8 Å². The van der Waals surface area contributed by atoms with Crippen LogP contribution in [-0.2, 0) is 0 Å². The third-order valence-electron chi connectivity index (χ3n) is 3.58. The van der Waals surface area contributed by atoms with E-state index in [-0.39, 0.29) is 0 Å². The minimum atomic E-state index is 1.04. The number of hydrogen-bond donors (Lipinski definition) is 0. The average molecular weight is 287 g/mol. The van der Waals surface area contributed by atoms with Crippen molar-refractivity contribution in [2.24, 2.45) is 0 Å². The highest BCUT2D eigenvalue weighted by Crippen LogP contribution is 2.36. The number of benzene rings is 2. The average Bonchev–Trinajstić information content (AvgIpc) is 3.05. The molecule has 0 aliphatic carbocycles. The molecule has 100 valence electrons. The molecule has 0 fully saturated rings. The Morgan fingerprint density at radius 3 is 2.38 bits per heavy atom. The van der Waals surface area contributed by atoms with E-state index in [1.807, 2.05) is 18.3 Å². The van der Waals surface area contributed by atoms with Gasteiger partial charge in [0.05, 0.1) is 10.6 Å². The summed E-state index contributed by atoms with van der Waals surface area (Å²) in [5, 5.41) is 2.58. The highest BCUT2D eigenvalue weighted by Gasteiger charge is 2.08. The molecule has 1 nitrogen and oxygen atoms in total. The van der Waals surface area contributed by atoms with Gasteiger partial charge in [-0.3, -0.25) is 4.98 Å². The van der Waals surface area contributed by atoms with Gasteiger partial charge in [0, 0.05) is 11.1 Å². The molecule has 2 aromatic heterocycles. The molecule has 0 bridgehead atoms. The molecule has 4 aromatic rings. The number of rotatable bonds is 2. The molecule has 0 aliphatic rings. The number of thiophene rings is 1. The van der Waals surface area contributed by atoms with Crippen molar-refractivity contribution in [2.45, 2.75) is 0 Å². The van der Waals surface area contributed by atoms with E-state index in [9.17, 15) is 0 Å². The van der Waals surface area contributed by atoms with Crippen molar-refractivity contribution in [3.63, 3.8) is 0 Å². The summed E-state index contributed by atoms with van der Waals surface area (Å²) in [7, 11) is 0. The van der Waals surface area contributed by atoms with Gasteiger partial charge in [0.15, 0.2) is 0 Å². The Labute approximate surface area is 127 Å². The van der Waals surface area contributed by atoms with Gasteiger partial charge in [-0.15, -0.1) is 11.3 Å². The summed E-state index contributed by atoms with van der Waals surface area (Å²) < 4.78 is 0. The second-order valence-corrected chi connectivity index (χ2v) is 5.99. The quantitative estimate of drug-likeness (QED) is 0.465. The van der Waals surface area contributed by atoms with Gasteiger partial charge in [0.1, 0.15) is 0 Å². The van der Waals surface area contributed by atoms with Gasteiger partial charge in [-0.1, -0.05) is 48.5 Å². The molecule has 21 heavy (non-hydrogen) atoms. The molecule has 0 amide bonds. The van der Waals surface area contributed by atoms with Crippen molar-refractivity contribution in [2.75, 3.05) is 0 Å². The van der Waals surface area contributed by atoms with E-state index in [2.05, 4.69) is 65.6 Å². The first-order valence-corrected chi connectivity index (χ1v) is 7.73. The fourth-order valence-electron chi connectivity index (χ4n) is 2.57. The molecule has 0 radical (unpaired) electrons. The van der Waals surface area contributed by atoms with Gasteiger partial charge in [0.25, 0.3) is 0 Å². The number of nitrogens with zero attached hydrogens (tertiary/aromatic N) is 1. The topological polar surface area (TPSA) is 12.9 Å². The zero-order chi connectivity index (χ0) is 14.1. The maximum atomic E-state index is 4.43. The van der Waals surface area contributed by atoms with E-state index in [4.69, 9.17) is 0 Å². The fourth-order valence-corrected chi connectivity index (χ4v) is 3.59. The molecule has 0 atom stereocenters. The predicted octanol–water partition coefficient (Wildman–Crippen LogP) is 5.63. The van der Waals surface area contributed by atoms with Crippen molar-refractivity contribution >= 4 is 22.1 Å². The molecule has 0 saturated carbocycles. The minimum absolute atomic E-state index is 1.04. The first kappa shape index (κ1) is 12.3. The van der Waals surface area contributed by atoms with Crippen molar-refractivity contribution < 1.29 is 0 Å². The summed E-state index contributed by atoms with van der Waals surface area (Å²) in [5.41, 5.74) is 2.33. The summed E-state index contributed by atoms with van der Waals surface area (Å²) in [6.45, 7) is 0. The molecule has 2 aromatic carbocycles. The van der Waals surface area contributed by atoms with Crippen LogP contribution >= 0.6 is 11.3 Å². The summed E-state index contributed by atoms with van der Waals surface area (Å²) >= 11 is 1.79. The van der Waals surface area contributed by atoms with Crippen LogP contribution in [0.4, 0.5) is 0 Å². The Kier molecular flexibility index (Phi) is 3.02. The van der Waals surface area contributed by atoms with Gasteiger partial charge < -0.3 is 0 Å². The second kappa shape index (κ2) is 5.15. The Balaban J connectivity index is 1.85. The summed E-state index contributed by atoms with van der Waals surface area (Å²) in [6.07, 6.45) is 1.84. The molecular formula is C19H13NS. The van der Waals surface area contributed by atoms with E-state index < -0.39 is 0 Å². The molecule has 0 spiro atoms. The third-order valence-corrected chi connectivity index (χ3v) is 4.72. The Bertz CT molecular complexity index is 888. The van der Waals surface area contributed by atoms with Crippen molar-refractivity contribution in [3.05, 3.63) is 79.0 Å². The standard InChI is InChI=1S/C19H13NS/c1-2-8-15-14(6-1)7-5-9-16(15)18-11-12-19(21-18)17-10-3-4-13-20-17/h1-13H. The number of fused-ring (bicyclic) bond motifs is 1. The zero-order valence-electron chi connectivity index (χ0n) is 11.4. The predicted molar refractivity (Wildman–Crippen MR) is 90.5 cm³/mol. The Hall–Kier alpha value is -2.45. The van der Waals surface area contributed by atoms with Gasteiger partial charge in [-0.05, 0) is 40.6 Å². The first-order chi connectivity index (χ1) is 10.4. The van der Waals surface area contributed by atoms with Crippen molar-refractivity contribution in [3.8, 4) is 21.0 Å². The molecular weight excluding hydrogens is 274 g/mol. The van der Waals surface area contributed by atoms with Crippen LogP contribution in [0.2, 0.25) is 0 Å². The molecule has 2 heterocycles. The van der Waals surface area contributed by atoms with Crippen LogP contribution < -0.4 is 0 Å². The molecule has 0 N–H and O–H groups in total. The van der Waals surface area contributed by atoms with Gasteiger partial charge in [-0.25, -0.2) is 0 Å². The largest absolute Gasteiger partial charge is 0.255 e. The number of pyridine rings is 1. The number of hydrogen-bond acceptors (Lipinski definition) is 2. The molecule has 4 rings (SSSR count). The monoisotopic (exact) mass is 287 g/mol. The first-order valence-electron chi connectivity index (χ1n) is 6.91. The fraction of sp³-hybridized carbons (Fsp3) is 0. The molecule has 0 aliphatic heterocycles. The highest BCUT2D eigenvalue weighted by atomic mass is 32.1. The summed E-state index contributed by atoms with van der Waals surface area (Å²) in [6, 6.07) is 25.4. The van der Waals surface area contributed by atoms with E-state index >= 15 is 0 Å². The summed E-state index contributed by atoms with van der Waals surface area (Å²) in [5.74, 6) is 0. The number of aromatic nitrogens is 1. The molecule has 0 saturated heterocycles. The van der Waals surface area contributed by atoms with E-state index in [1.165, 1.54) is 26.1 Å². The molecule has 2 heteroatoms. The maximum absolute atomic E-state index is 4.43. The summed E-state index contributed by atoms with van der Waals surface area (Å²) in [4.78, 5) is 6.92. The van der Waals surface area contributed by atoms with Crippen LogP contribution in [0.5, 0.6) is 0 Å². The van der Waals surface area contributed by atoms with Crippen molar-refractivity contribution in [1.82, 2.24) is 4.98 Å². The Morgan fingerprint density at radius 1 is 0.667 bits per heavy atom. The van der Waals surface area contributed by atoms with Crippen LogP contribution in [0.3, 0.4) is 0 Å². The van der Waals surface area contributed by atoms with Gasteiger partial charge >= 0.3 is 0 Å².